The molecule has 4 N–H and O–H groups in total. The van der Waals surface area contributed by atoms with E-state index in [2.05, 4.69) is 26.6 Å². The van der Waals surface area contributed by atoms with Crippen LogP contribution < -0.4 is 16.7 Å². The Bertz CT molecular complexity index is 835. The fraction of sp³-hybridized carbons (Fsp3) is 0.214. The lowest BCUT2D eigenvalue weighted by molar-refractivity contribution is 0.931. The van der Waals surface area contributed by atoms with Gasteiger partial charge in [-0.05, 0) is 18.1 Å². The first-order valence-corrected chi connectivity index (χ1v) is 6.64. The zero-order valence-electron chi connectivity index (χ0n) is 11.6. The highest BCUT2D eigenvalue weighted by Gasteiger charge is 2.06. The molecule has 0 saturated heterocycles. The Kier molecular flexibility index (Phi) is 3.41. The first kappa shape index (κ1) is 13.3. The average molecular weight is 284 g/mol. The Morgan fingerprint density at radius 1 is 1.33 bits per heavy atom. The van der Waals surface area contributed by atoms with Gasteiger partial charge in [-0.25, -0.2) is 19.3 Å². The van der Waals surface area contributed by atoms with E-state index in [4.69, 9.17) is 5.73 Å². The summed E-state index contributed by atoms with van der Waals surface area (Å²) in [5.41, 5.74) is 8.11. The van der Waals surface area contributed by atoms with E-state index in [1.165, 1.54) is 4.40 Å². The second kappa shape index (κ2) is 5.37. The van der Waals surface area contributed by atoms with Crippen molar-refractivity contribution in [3.05, 3.63) is 57.8 Å². The number of anilines is 1. The molecule has 0 bridgehead atoms. The van der Waals surface area contributed by atoms with Crippen LogP contribution in [0.5, 0.6) is 0 Å². The van der Waals surface area contributed by atoms with E-state index in [1.807, 2.05) is 18.2 Å². The molecule has 0 fully saturated rings. The second-order valence-corrected chi connectivity index (χ2v) is 4.79. The lowest BCUT2D eigenvalue weighted by atomic mass is 10.1. The van der Waals surface area contributed by atoms with E-state index < -0.39 is 0 Å². The van der Waals surface area contributed by atoms with Gasteiger partial charge in [0, 0.05) is 19.2 Å². The molecule has 108 valence electrons. The number of aryl methyl sites for hydroxylation is 1. The number of nitrogens with two attached hydrogens (primary N) is 1. The standard InChI is InChI=1S/C14H16N6O/c1-9-17-12(6-13-18-19-14(21)20(9)13)16-8-11-4-2-3-10(5-11)7-15/h2-6,16H,7-8,15H2,1H3,(H,19,21). The van der Waals surface area contributed by atoms with Gasteiger partial charge >= 0.3 is 5.69 Å². The highest BCUT2D eigenvalue weighted by molar-refractivity contribution is 5.49. The van der Waals surface area contributed by atoms with Gasteiger partial charge in [0.05, 0.1) is 0 Å². The van der Waals surface area contributed by atoms with Crippen molar-refractivity contribution in [2.24, 2.45) is 5.73 Å². The molecule has 0 aliphatic heterocycles. The van der Waals surface area contributed by atoms with Crippen LogP contribution in [-0.4, -0.2) is 19.6 Å². The number of hydrogen-bond acceptors (Lipinski definition) is 5. The number of aromatic nitrogens is 4. The van der Waals surface area contributed by atoms with Crippen molar-refractivity contribution in [1.29, 1.82) is 0 Å². The Balaban J connectivity index is 1.83. The number of aromatic amines is 1. The third-order valence-electron chi connectivity index (χ3n) is 3.27. The largest absolute Gasteiger partial charge is 0.366 e. The van der Waals surface area contributed by atoms with E-state index in [0.29, 0.717) is 30.4 Å². The van der Waals surface area contributed by atoms with E-state index >= 15 is 0 Å². The maximum Gasteiger partial charge on any atom is 0.349 e. The summed E-state index contributed by atoms with van der Waals surface area (Å²) in [7, 11) is 0. The van der Waals surface area contributed by atoms with Crippen molar-refractivity contribution in [2.45, 2.75) is 20.0 Å². The van der Waals surface area contributed by atoms with Gasteiger partial charge in [0.15, 0.2) is 5.65 Å². The minimum Gasteiger partial charge on any atom is -0.366 e. The Hall–Kier alpha value is -2.67. The molecule has 1 aromatic carbocycles. The quantitative estimate of drug-likeness (QED) is 0.657. The number of nitrogens with one attached hydrogen (secondary N) is 2. The second-order valence-electron chi connectivity index (χ2n) is 4.79. The van der Waals surface area contributed by atoms with E-state index in [9.17, 15) is 4.79 Å². The lowest BCUT2D eigenvalue weighted by Gasteiger charge is -2.08. The summed E-state index contributed by atoms with van der Waals surface area (Å²) >= 11 is 0. The van der Waals surface area contributed by atoms with Crippen LogP contribution in [0.15, 0.2) is 35.1 Å². The molecule has 2 aromatic heterocycles. The molecule has 0 unspecified atom stereocenters. The Morgan fingerprint density at radius 2 is 2.14 bits per heavy atom. The predicted molar refractivity (Wildman–Crippen MR) is 80.0 cm³/mol. The molecule has 0 spiro atoms. The molecule has 0 radical (unpaired) electrons. The third-order valence-corrected chi connectivity index (χ3v) is 3.27. The molecule has 0 amide bonds. The fourth-order valence-corrected chi connectivity index (χ4v) is 2.25. The zero-order valence-corrected chi connectivity index (χ0v) is 11.6. The van der Waals surface area contributed by atoms with Crippen molar-refractivity contribution in [1.82, 2.24) is 19.6 Å². The van der Waals surface area contributed by atoms with Gasteiger partial charge in [-0.1, -0.05) is 24.3 Å². The van der Waals surface area contributed by atoms with Crippen molar-refractivity contribution in [3.63, 3.8) is 0 Å². The summed E-state index contributed by atoms with van der Waals surface area (Å²) in [4.78, 5) is 15.9. The van der Waals surface area contributed by atoms with E-state index in [0.717, 1.165) is 11.1 Å². The number of benzene rings is 1. The molecular formula is C14H16N6O. The summed E-state index contributed by atoms with van der Waals surface area (Å²) in [6, 6.07) is 9.79. The van der Waals surface area contributed by atoms with Crippen LogP contribution in [0.25, 0.3) is 5.65 Å². The molecule has 0 aliphatic carbocycles. The average Bonchev–Trinajstić information content (AvgIpc) is 2.87. The zero-order chi connectivity index (χ0) is 14.8. The topological polar surface area (TPSA) is 101 Å². The molecular weight excluding hydrogens is 268 g/mol. The molecule has 0 aliphatic rings. The molecule has 21 heavy (non-hydrogen) atoms. The van der Waals surface area contributed by atoms with Crippen molar-refractivity contribution in [3.8, 4) is 0 Å². The minimum absolute atomic E-state index is 0.280. The van der Waals surface area contributed by atoms with Crippen LogP contribution in [-0.2, 0) is 13.1 Å². The van der Waals surface area contributed by atoms with Crippen LogP contribution in [0.2, 0.25) is 0 Å². The van der Waals surface area contributed by atoms with Gasteiger partial charge in [0.25, 0.3) is 0 Å². The fourth-order valence-electron chi connectivity index (χ4n) is 2.25. The highest BCUT2D eigenvalue weighted by Crippen LogP contribution is 2.11. The summed E-state index contributed by atoms with van der Waals surface area (Å²) in [6.45, 7) is 2.92. The van der Waals surface area contributed by atoms with Gasteiger partial charge in [-0.3, -0.25) is 0 Å². The predicted octanol–water partition coefficient (Wildman–Crippen LogP) is 0.797. The SMILES string of the molecule is Cc1nc(NCc2cccc(CN)c2)cc2n[nH]c(=O)n12. The smallest absolute Gasteiger partial charge is 0.349 e. The van der Waals surface area contributed by atoms with E-state index in [-0.39, 0.29) is 5.69 Å². The molecule has 3 rings (SSSR count). The molecule has 7 heteroatoms. The van der Waals surface area contributed by atoms with Gasteiger partial charge in [0.1, 0.15) is 11.6 Å². The number of H-pyrrole nitrogens is 1. The van der Waals surface area contributed by atoms with Gasteiger partial charge < -0.3 is 11.1 Å². The summed E-state index contributed by atoms with van der Waals surface area (Å²) in [6.07, 6.45) is 0. The normalized spacial score (nSPS) is 11.0. The third kappa shape index (κ3) is 2.63. The monoisotopic (exact) mass is 284 g/mol. The minimum atomic E-state index is -0.280. The lowest BCUT2D eigenvalue weighted by Crippen LogP contribution is -2.14. The van der Waals surface area contributed by atoms with Crippen LogP contribution in [0.1, 0.15) is 17.0 Å². The van der Waals surface area contributed by atoms with Crippen LogP contribution >= 0.6 is 0 Å². The van der Waals surface area contributed by atoms with E-state index in [1.54, 1.807) is 13.0 Å². The molecule has 0 saturated carbocycles. The molecule has 0 atom stereocenters. The van der Waals surface area contributed by atoms with Gasteiger partial charge in [0.2, 0.25) is 0 Å². The van der Waals surface area contributed by atoms with Crippen molar-refractivity contribution < 1.29 is 0 Å². The highest BCUT2D eigenvalue weighted by atomic mass is 16.1. The first-order chi connectivity index (χ1) is 10.2. The van der Waals surface area contributed by atoms with Crippen LogP contribution in [0.4, 0.5) is 5.82 Å². The number of rotatable bonds is 4. The van der Waals surface area contributed by atoms with Crippen LogP contribution in [0, 0.1) is 6.92 Å². The van der Waals surface area contributed by atoms with Crippen molar-refractivity contribution >= 4 is 11.5 Å². The summed E-state index contributed by atoms with van der Waals surface area (Å²) < 4.78 is 1.43. The number of fused-ring (bicyclic) bond motifs is 1. The Morgan fingerprint density at radius 3 is 2.95 bits per heavy atom. The maximum atomic E-state index is 11.5. The van der Waals surface area contributed by atoms with Crippen LogP contribution in [0.3, 0.4) is 0 Å². The summed E-state index contributed by atoms with van der Waals surface area (Å²) in [5, 5.41) is 9.59. The first-order valence-electron chi connectivity index (χ1n) is 6.64. The molecule has 3 aromatic rings. The van der Waals surface area contributed by atoms with Gasteiger partial charge in [-0.2, -0.15) is 5.10 Å². The van der Waals surface area contributed by atoms with Gasteiger partial charge in [-0.15, -0.1) is 0 Å². The number of hydrogen-bond donors (Lipinski definition) is 3. The molecule has 7 nitrogen and oxygen atoms in total. The maximum absolute atomic E-state index is 11.5. The van der Waals surface area contributed by atoms with Crippen molar-refractivity contribution in [2.75, 3.05) is 5.32 Å². The Labute approximate surface area is 120 Å². The summed E-state index contributed by atoms with van der Waals surface area (Å²) in [5.74, 6) is 1.27. The number of nitrogens with zero attached hydrogens (tertiary/aromatic N) is 3. The molecule has 2 heterocycles.